The molecular weight excluding hydrogens is 352 g/mol. The van der Waals surface area contributed by atoms with Gasteiger partial charge in [0.25, 0.3) is 5.91 Å². The van der Waals surface area contributed by atoms with Crippen LogP contribution in [0.25, 0.3) is 0 Å². The Hall–Kier alpha value is -2.02. The Morgan fingerprint density at radius 2 is 1.96 bits per heavy atom. The summed E-state index contributed by atoms with van der Waals surface area (Å²) in [6, 6.07) is 5.72. The molecule has 3 atom stereocenters. The first-order valence-electron chi connectivity index (χ1n) is 8.76. The number of hydrogen-bond donors (Lipinski definition) is 2. The molecule has 0 bridgehead atoms. The normalized spacial score (nSPS) is 24.3. The van der Waals surface area contributed by atoms with Crippen molar-refractivity contribution in [1.29, 1.82) is 0 Å². The molecule has 2 aliphatic heterocycles. The van der Waals surface area contributed by atoms with E-state index >= 15 is 0 Å². The van der Waals surface area contributed by atoms with E-state index in [9.17, 15) is 19.5 Å². The van der Waals surface area contributed by atoms with E-state index < -0.39 is 28.7 Å². The predicted octanol–water partition coefficient (Wildman–Crippen LogP) is 2.65. The van der Waals surface area contributed by atoms with E-state index in [4.69, 9.17) is 0 Å². The van der Waals surface area contributed by atoms with E-state index in [1.807, 2.05) is 45.9 Å². The third kappa shape index (κ3) is 3.09. The van der Waals surface area contributed by atoms with Crippen molar-refractivity contribution in [2.24, 2.45) is 5.92 Å². The molecule has 0 aliphatic carbocycles. The van der Waals surface area contributed by atoms with Gasteiger partial charge in [0.05, 0.1) is 0 Å². The number of thioether (sulfide) groups is 1. The fourth-order valence-electron chi connectivity index (χ4n) is 3.75. The molecule has 1 fully saturated rings. The maximum Gasteiger partial charge on any atom is 0.326 e. The molecule has 140 valence electrons. The Morgan fingerprint density at radius 1 is 1.31 bits per heavy atom. The number of nitrogens with one attached hydrogen (secondary N) is 1. The molecule has 2 N–H and O–H groups in total. The Kier molecular flexibility index (Phi) is 4.77. The maximum absolute atomic E-state index is 13.0. The van der Waals surface area contributed by atoms with Gasteiger partial charge >= 0.3 is 5.97 Å². The van der Waals surface area contributed by atoms with Gasteiger partial charge in [-0.2, -0.15) is 0 Å². The van der Waals surface area contributed by atoms with Crippen LogP contribution < -0.4 is 5.32 Å². The van der Waals surface area contributed by atoms with E-state index in [1.165, 1.54) is 0 Å². The van der Waals surface area contributed by atoms with Gasteiger partial charge < -0.3 is 15.3 Å². The van der Waals surface area contributed by atoms with Crippen LogP contribution in [0.5, 0.6) is 0 Å². The lowest BCUT2D eigenvalue weighted by molar-refractivity contribution is -0.143. The zero-order valence-corrected chi connectivity index (χ0v) is 16.2. The number of rotatable bonds is 5. The van der Waals surface area contributed by atoms with Gasteiger partial charge in [0.1, 0.15) is 17.5 Å². The molecule has 2 amide bonds. The molecule has 26 heavy (non-hydrogen) atoms. The van der Waals surface area contributed by atoms with Crippen LogP contribution in [-0.2, 0) is 9.59 Å². The highest BCUT2D eigenvalue weighted by Gasteiger charge is 2.57. The lowest BCUT2D eigenvalue weighted by atomic mass is 9.98. The average molecular weight is 376 g/mol. The van der Waals surface area contributed by atoms with Gasteiger partial charge in [0.2, 0.25) is 5.91 Å². The lowest BCUT2D eigenvalue weighted by Gasteiger charge is -2.30. The molecule has 7 heteroatoms. The topological polar surface area (TPSA) is 86.7 Å². The van der Waals surface area contributed by atoms with Crippen molar-refractivity contribution >= 4 is 29.5 Å². The van der Waals surface area contributed by atoms with Crippen LogP contribution in [0.1, 0.15) is 55.4 Å². The van der Waals surface area contributed by atoms with Crippen molar-refractivity contribution < 1.29 is 19.5 Å². The number of hydrogen-bond acceptors (Lipinski definition) is 4. The van der Waals surface area contributed by atoms with Crippen LogP contribution in [0.4, 0.5) is 0 Å². The second-order valence-electron chi connectivity index (χ2n) is 7.80. The van der Waals surface area contributed by atoms with Crippen LogP contribution in [-0.4, -0.2) is 44.6 Å². The highest BCUT2D eigenvalue weighted by atomic mass is 32.2. The lowest BCUT2D eigenvalue weighted by Crippen LogP contribution is -2.55. The molecular formula is C19H24N2O4S. The number of carboxylic acids is 1. The molecule has 6 nitrogen and oxygen atoms in total. The van der Waals surface area contributed by atoms with Gasteiger partial charge in [0, 0.05) is 10.3 Å². The summed E-state index contributed by atoms with van der Waals surface area (Å²) in [6.45, 7) is 7.67. The molecule has 2 heterocycles. The van der Waals surface area contributed by atoms with Gasteiger partial charge in [-0.3, -0.25) is 9.59 Å². The number of benzene rings is 1. The van der Waals surface area contributed by atoms with Crippen molar-refractivity contribution in [2.75, 3.05) is 0 Å². The molecule has 1 aromatic carbocycles. The Balaban J connectivity index is 1.88. The molecule has 1 saturated heterocycles. The van der Waals surface area contributed by atoms with Crippen molar-refractivity contribution in [3.05, 3.63) is 35.4 Å². The smallest absolute Gasteiger partial charge is 0.326 e. The quantitative estimate of drug-likeness (QED) is 0.825. The van der Waals surface area contributed by atoms with Gasteiger partial charge in [-0.15, -0.1) is 11.8 Å². The first-order valence-corrected chi connectivity index (χ1v) is 9.64. The highest BCUT2D eigenvalue weighted by molar-refractivity contribution is 8.01. The van der Waals surface area contributed by atoms with E-state index in [0.717, 1.165) is 5.56 Å². The predicted molar refractivity (Wildman–Crippen MR) is 99.8 cm³/mol. The van der Waals surface area contributed by atoms with Crippen LogP contribution >= 0.6 is 11.8 Å². The van der Waals surface area contributed by atoms with Gasteiger partial charge in [-0.25, -0.2) is 4.79 Å². The molecule has 0 radical (unpaired) electrons. The fourth-order valence-corrected chi connectivity index (χ4v) is 5.34. The molecule has 1 aromatic rings. The first kappa shape index (κ1) is 18.8. The summed E-state index contributed by atoms with van der Waals surface area (Å²) < 4.78 is -0.515. The van der Waals surface area contributed by atoms with Crippen molar-refractivity contribution in [2.45, 2.75) is 56.3 Å². The zero-order chi connectivity index (χ0) is 19.2. The number of carbonyl (C=O) groups is 3. The molecule has 3 unspecified atom stereocenters. The second-order valence-corrected chi connectivity index (χ2v) is 9.54. The minimum Gasteiger partial charge on any atom is -0.480 e. The summed E-state index contributed by atoms with van der Waals surface area (Å²) in [7, 11) is 0. The van der Waals surface area contributed by atoms with Crippen LogP contribution in [0.15, 0.2) is 24.3 Å². The number of amides is 2. The third-order valence-electron chi connectivity index (χ3n) is 4.87. The van der Waals surface area contributed by atoms with Gasteiger partial charge in [-0.05, 0) is 37.8 Å². The van der Waals surface area contributed by atoms with Crippen LogP contribution in [0.2, 0.25) is 0 Å². The maximum atomic E-state index is 13.0. The molecule has 0 aromatic heterocycles. The SMILES string of the molecule is CC(C)CC(NC(=O)C1N2C(=O)c3ccccc3C2SC1(C)C)C(=O)O. The standard InChI is InChI=1S/C19H24N2O4S/c1-10(2)9-13(18(24)25)20-15(22)14-19(3,4)26-17-12-8-6-5-7-11(12)16(23)21(14)17/h5-8,10,13-14,17H,9H2,1-4H3,(H,20,22)(H,24,25). The highest BCUT2D eigenvalue weighted by Crippen LogP contribution is 2.56. The Bertz CT molecular complexity index is 762. The van der Waals surface area contributed by atoms with E-state index in [0.29, 0.717) is 12.0 Å². The first-order chi connectivity index (χ1) is 12.1. The summed E-state index contributed by atoms with van der Waals surface area (Å²) in [5, 5.41) is 11.9. The van der Waals surface area contributed by atoms with Crippen molar-refractivity contribution in [3.8, 4) is 0 Å². The number of carboxylic acid groups (broad SMARTS) is 1. The Morgan fingerprint density at radius 3 is 2.58 bits per heavy atom. The molecule has 0 saturated carbocycles. The van der Waals surface area contributed by atoms with Crippen LogP contribution in [0, 0.1) is 5.92 Å². The summed E-state index contributed by atoms with van der Waals surface area (Å²) in [6.07, 6.45) is 0.346. The number of aliphatic carboxylic acids is 1. The summed E-state index contributed by atoms with van der Waals surface area (Å²) in [5.74, 6) is -1.49. The van der Waals surface area contributed by atoms with Gasteiger partial charge in [-0.1, -0.05) is 32.0 Å². The van der Waals surface area contributed by atoms with Gasteiger partial charge in [0.15, 0.2) is 0 Å². The van der Waals surface area contributed by atoms with Crippen molar-refractivity contribution in [3.63, 3.8) is 0 Å². The fraction of sp³-hybridized carbons (Fsp3) is 0.526. The van der Waals surface area contributed by atoms with E-state index in [2.05, 4.69) is 5.32 Å². The molecule has 0 spiro atoms. The number of fused-ring (bicyclic) bond motifs is 3. The minimum absolute atomic E-state index is 0.132. The summed E-state index contributed by atoms with van der Waals surface area (Å²) in [5.41, 5.74) is 1.54. The number of carbonyl (C=O) groups excluding carboxylic acids is 2. The molecule has 2 aliphatic rings. The largest absolute Gasteiger partial charge is 0.480 e. The minimum atomic E-state index is -1.05. The Labute approximate surface area is 157 Å². The second kappa shape index (κ2) is 6.61. The van der Waals surface area contributed by atoms with E-state index in [-0.39, 0.29) is 17.2 Å². The third-order valence-corrected chi connectivity index (χ3v) is 6.40. The summed E-state index contributed by atoms with van der Waals surface area (Å²) in [4.78, 5) is 39.0. The summed E-state index contributed by atoms with van der Waals surface area (Å²) >= 11 is 1.57. The van der Waals surface area contributed by atoms with Crippen LogP contribution in [0.3, 0.4) is 0 Å². The van der Waals surface area contributed by atoms with Crippen molar-refractivity contribution in [1.82, 2.24) is 10.2 Å². The monoisotopic (exact) mass is 376 g/mol. The molecule has 3 rings (SSSR count). The number of nitrogens with zero attached hydrogens (tertiary/aromatic N) is 1. The van der Waals surface area contributed by atoms with E-state index in [1.54, 1.807) is 22.7 Å². The average Bonchev–Trinajstić information content (AvgIpc) is 2.97. The zero-order valence-electron chi connectivity index (χ0n) is 15.4.